The topological polar surface area (TPSA) is 293 Å². The third-order valence-electron chi connectivity index (χ3n) is 8.94. The number of carbonyl (C=O) groups is 1. The molecule has 3 heterocycles. The van der Waals surface area contributed by atoms with Crippen molar-refractivity contribution >= 4 is 5.91 Å². The van der Waals surface area contributed by atoms with E-state index in [1.807, 2.05) is 0 Å². The standard InChI is InChI=1S/C24H46FN5O7.C6H13NO4/c25-14(11-27)8-21(33)30-15-9-17(28)24(19(10-15)35-22-4-2-16(13-31)34-22)37-23-5-3-18(32)20(36-23)12-29-7-1-6-26;7-2-4-6(10)3(8)1-5(9)11-4/h14-20,22-24,29,31-32H,1-13,26-28H2,(H,30,33);3-6,8-10H,1-2,7H2/t14?,15?,16?,17?,18-,19?,20?,22?,23+,24+;3?,4-,5-,6-/m00/s1. The average Bonchev–Trinajstić information content (AvgIpc) is 3.51. The van der Waals surface area contributed by atoms with Crippen LogP contribution in [0.2, 0.25) is 0 Å². The van der Waals surface area contributed by atoms with Crippen molar-refractivity contribution in [2.45, 2.75) is 144 Å². The van der Waals surface area contributed by atoms with Gasteiger partial charge in [-0.25, -0.2) is 4.39 Å². The van der Waals surface area contributed by atoms with E-state index in [1.54, 1.807) is 0 Å². The number of halogens is 1. The van der Waals surface area contributed by atoms with Gasteiger partial charge in [-0.2, -0.15) is 0 Å². The molecule has 15 N–H and O–H groups in total. The number of aliphatic hydroxyl groups excluding tert-OH is 5. The number of hydrogen-bond acceptors (Lipinski definition) is 16. The highest BCUT2D eigenvalue weighted by Gasteiger charge is 2.43. The molecule has 282 valence electrons. The van der Waals surface area contributed by atoms with E-state index < -0.39 is 79.7 Å². The summed E-state index contributed by atoms with van der Waals surface area (Å²) >= 11 is 0. The van der Waals surface area contributed by atoms with Crippen molar-refractivity contribution in [3.8, 4) is 0 Å². The van der Waals surface area contributed by atoms with E-state index in [0.29, 0.717) is 51.6 Å². The number of ether oxygens (including phenoxy) is 5. The Morgan fingerprint density at radius 3 is 2.31 bits per heavy atom. The van der Waals surface area contributed by atoms with E-state index >= 15 is 0 Å². The summed E-state index contributed by atoms with van der Waals surface area (Å²) < 4.78 is 42.9. The fourth-order valence-electron chi connectivity index (χ4n) is 6.27. The maximum absolute atomic E-state index is 13.6. The van der Waals surface area contributed by atoms with E-state index in [9.17, 15) is 24.5 Å². The minimum Gasteiger partial charge on any atom is -0.394 e. The highest BCUT2D eigenvalue weighted by atomic mass is 19.1. The molecule has 0 aromatic rings. The first-order chi connectivity index (χ1) is 23.0. The quantitative estimate of drug-likeness (QED) is 0.0729. The number of nitrogens with two attached hydrogens (primary N) is 4. The highest BCUT2D eigenvalue weighted by Crippen LogP contribution is 2.32. The molecule has 3 saturated heterocycles. The van der Waals surface area contributed by atoms with Crippen molar-refractivity contribution in [2.24, 2.45) is 22.9 Å². The van der Waals surface area contributed by atoms with E-state index in [-0.39, 0.29) is 44.7 Å². The monoisotopic (exact) mass is 698 g/mol. The molecule has 0 spiro atoms. The summed E-state index contributed by atoms with van der Waals surface area (Å²) in [6, 6.07) is -0.827. The SMILES string of the molecule is NCCCNCC1O[C@H](O[C@@H]2C(N)CC(NC(=O)CC(F)CN)CC2OC2CCC(CO)O2)CC[C@@H]1O.NC[C@@H]1O[C@H](O)CC(O)[C@@H]1O. The first-order valence-electron chi connectivity index (χ1n) is 17.1. The Bertz CT molecular complexity index is 921. The molecule has 0 aromatic carbocycles. The summed E-state index contributed by atoms with van der Waals surface area (Å²) in [6.45, 7) is 1.57. The molecular weight excluding hydrogens is 639 g/mol. The molecular formula is C30H59FN6O11. The number of amides is 1. The second kappa shape index (κ2) is 21.2. The summed E-state index contributed by atoms with van der Waals surface area (Å²) in [7, 11) is 0. The summed E-state index contributed by atoms with van der Waals surface area (Å²) in [5.74, 6) is -0.430. The maximum Gasteiger partial charge on any atom is 0.223 e. The number of alkyl halides is 1. The van der Waals surface area contributed by atoms with Crippen LogP contribution in [0, 0.1) is 0 Å². The minimum atomic E-state index is -1.40. The third kappa shape index (κ3) is 13.2. The van der Waals surface area contributed by atoms with Crippen LogP contribution in [-0.4, -0.2) is 157 Å². The van der Waals surface area contributed by atoms with Gasteiger partial charge in [-0.3, -0.25) is 4.79 Å². The Labute approximate surface area is 281 Å². The summed E-state index contributed by atoms with van der Waals surface area (Å²) in [5, 5.41) is 53.1. The molecule has 48 heavy (non-hydrogen) atoms. The molecule has 17 nitrogen and oxygen atoms in total. The molecule has 1 amide bonds. The molecule has 3 aliphatic heterocycles. The van der Waals surface area contributed by atoms with E-state index in [1.165, 1.54) is 0 Å². The van der Waals surface area contributed by atoms with Gasteiger partial charge in [0.1, 0.15) is 24.5 Å². The van der Waals surface area contributed by atoms with Gasteiger partial charge in [0, 0.05) is 51.0 Å². The van der Waals surface area contributed by atoms with Crippen LogP contribution in [-0.2, 0) is 28.5 Å². The van der Waals surface area contributed by atoms with Crippen LogP contribution in [0.4, 0.5) is 4.39 Å². The van der Waals surface area contributed by atoms with Gasteiger partial charge in [0.15, 0.2) is 18.9 Å². The Balaban J connectivity index is 0.000000480. The first-order valence-corrected chi connectivity index (χ1v) is 17.1. The molecule has 4 rings (SSSR count). The van der Waals surface area contributed by atoms with Crippen LogP contribution >= 0.6 is 0 Å². The van der Waals surface area contributed by atoms with Crippen molar-refractivity contribution in [2.75, 3.05) is 39.3 Å². The van der Waals surface area contributed by atoms with Crippen molar-refractivity contribution in [3.05, 3.63) is 0 Å². The number of rotatable bonds is 15. The molecule has 8 unspecified atom stereocenters. The molecule has 1 saturated carbocycles. The minimum absolute atomic E-state index is 0.0394. The Morgan fingerprint density at radius 1 is 0.917 bits per heavy atom. The lowest BCUT2D eigenvalue weighted by molar-refractivity contribution is -0.274. The van der Waals surface area contributed by atoms with Gasteiger partial charge in [-0.15, -0.1) is 0 Å². The second-order valence-electron chi connectivity index (χ2n) is 12.9. The van der Waals surface area contributed by atoms with Crippen molar-refractivity contribution in [1.82, 2.24) is 10.6 Å². The molecule has 4 aliphatic rings. The van der Waals surface area contributed by atoms with Gasteiger partial charge in [-0.1, -0.05) is 0 Å². The van der Waals surface area contributed by atoms with Gasteiger partial charge in [0.2, 0.25) is 5.91 Å². The lowest BCUT2D eigenvalue weighted by Gasteiger charge is -2.43. The second-order valence-corrected chi connectivity index (χ2v) is 12.9. The molecule has 1 aliphatic carbocycles. The number of hydrogen-bond donors (Lipinski definition) is 11. The molecule has 4 fully saturated rings. The van der Waals surface area contributed by atoms with Crippen molar-refractivity contribution < 1.29 is 58.4 Å². The van der Waals surface area contributed by atoms with Crippen molar-refractivity contribution in [1.29, 1.82) is 0 Å². The normalized spacial score (nSPS) is 39.3. The molecule has 0 aromatic heterocycles. The smallest absolute Gasteiger partial charge is 0.223 e. The highest BCUT2D eigenvalue weighted by molar-refractivity contribution is 5.76. The first kappa shape index (κ1) is 41.2. The molecule has 0 radical (unpaired) electrons. The van der Waals surface area contributed by atoms with Crippen LogP contribution in [0.25, 0.3) is 0 Å². The summed E-state index contributed by atoms with van der Waals surface area (Å²) in [5.41, 5.74) is 22.6. The lowest BCUT2D eigenvalue weighted by atomic mass is 9.86. The van der Waals surface area contributed by atoms with Gasteiger partial charge in [0.25, 0.3) is 0 Å². The zero-order valence-corrected chi connectivity index (χ0v) is 27.6. The molecule has 0 bridgehead atoms. The fraction of sp³-hybridized carbons (Fsp3) is 0.967. The van der Waals surface area contributed by atoms with E-state index in [4.69, 9.17) is 56.8 Å². The number of aliphatic hydroxyl groups is 5. The van der Waals surface area contributed by atoms with Crippen LogP contribution in [0.15, 0.2) is 0 Å². The molecule has 14 atom stereocenters. The van der Waals surface area contributed by atoms with Crippen LogP contribution in [0.5, 0.6) is 0 Å². The lowest BCUT2D eigenvalue weighted by Crippen LogP contribution is -2.59. The summed E-state index contributed by atoms with van der Waals surface area (Å²) in [4.78, 5) is 12.3. The number of carbonyl (C=O) groups excluding carboxylic acids is 1. The maximum atomic E-state index is 13.6. The van der Waals surface area contributed by atoms with Gasteiger partial charge >= 0.3 is 0 Å². The predicted octanol–water partition coefficient (Wildman–Crippen LogP) is -3.87. The fourth-order valence-corrected chi connectivity index (χ4v) is 6.27. The summed E-state index contributed by atoms with van der Waals surface area (Å²) in [6.07, 6.45) is -4.82. The zero-order valence-electron chi connectivity index (χ0n) is 27.6. The van der Waals surface area contributed by atoms with Gasteiger partial charge in [-0.05, 0) is 45.2 Å². The van der Waals surface area contributed by atoms with Crippen LogP contribution in [0.3, 0.4) is 0 Å². The number of nitrogens with one attached hydrogen (secondary N) is 2. The van der Waals surface area contributed by atoms with Crippen molar-refractivity contribution in [3.63, 3.8) is 0 Å². The predicted molar refractivity (Wildman–Crippen MR) is 169 cm³/mol. The van der Waals surface area contributed by atoms with Gasteiger partial charge < -0.3 is 82.8 Å². The Kier molecular flexibility index (Phi) is 18.2. The van der Waals surface area contributed by atoms with Gasteiger partial charge in [0.05, 0.1) is 43.5 Å². The van der Waals surface area contributed by atoms with E-state index in [0.717, 1.165) is 13.0 Å². The largest absolute Gasteiger partial charge is 0.394 e. The Hall–Kier alpha value is -1.20. The third-order valence-corrected chi connectivity index (χ3v) is 8.94. The van der Waals surface area contributed by atoms with Crippen LogP contribution in [0.1, 0.15) is 57.8 Å². The zero-order chi connectivity index (χ0) is 35.2. The molecule has 18 heteroatoms. The van der Waals surface area contributed by atoms with E-state index in [2.05, 4.69) is 10.6 Å². The average molecular weight is 699 g/mol. The Morgan fingerprint density at radius 2 is 1.65 bits per heavy atom. The van der Waals surface area contributed by atoms with Crippen LogP contribution < -0.4 is 33.6 Å².